The molecule has 0 atom stereocenters. The topological polar surface area (TPSA) is 63.4 Å². The molecule has 2 heterocycles. The number of hydrogen-bond acceptors (Lipinski definition) is 4. The number of sulfonamides is 1. The van der Waals surface area contributed by atoms with Crippen LogP contribution in [0.2, 0.25) is 5.02 Å². The van der Waals surface area contributed by atoms with Crippen molar-refractivity contribution in [3.05, 3.63) is 47.1 Å². The normalized spacial score (nSPS) is 12.0. The van der Waals surface area contributed by atoms with Crippen molar-refractivity contribution in [2.75, 3.05) is 7.05 Å². The maximum atomic E-state index is 12.4. The van der Waals surface area contributed by atoms with Crippen molar-refractivity contribution < 1.29 is 12.8 Å². The smallest absolute Gasteiger partial charge is 0.246 e. The highest BCUT2D eigenvalue weighted by Crippen LogP contribution is 2.24. The zero-order valence-corrected chi connectivity index (χ0v) is 12.1. The number of rotatable bonds is 4. The largest absolute Gasteiger partial charge is 0.469 e. The first-order chi connectivity index (χ1) is 8.93. The number of pyridine rings is 1. The Labute approximate surface area is 116 Å². The van der Waals surface area contributed by atoms with E-state index in [-0.39, 0.29) is 16.5 Å². The van der Waals surface area contributed by atoms with Gasteiger partial charge in [-0.25, -0.2) is 8.42 Å². The van der Waals surface area contributed by atoms with Crippen LogP contribution in [0.25, 0.3) is 0 Å². The third-order valence-corrected chi connectivity index (χ3v) is 5.05. The van der Waals surface area contributed by atoms with Crippen LogP contribution in [0.1, 0.15) is 11.3 Å². The fourth-order valence-corrected chi connectivity index (χ4v) is 3.17. The summed E-state index contributed by atoms with van der Waals surface area (Å²) < 4.78 is 31.1. The molecule has 2 rings (SSSR count). The number of halogens is 1. The molecule has 0 unspecified atom stereocenters. The summed E-state index contributed by atoms with van der Waals surface area (Å²) in [4.78, 5) is 3.80. The minimum absolute atomic E-state index is 0.000291. The van der Waals surface area contributed by atoms with Crippen LogP contribution < -0.4 is 0 Å². The van der Waals surface area contributed by atoms with E-state index in [2.05, 4.69) is 4.98 Å². The van der Waals surface area contributed by atoms with Crippen LogP contribution in [0.3, 0.4) is 0 Å². The van der Waals surface area contributed by atoms with Gasteiger partial charge < -0.3 is 4.42 Å². The summed E-state index contributed by atoms with van der Waals surface area (Å²) in [5, 5.41) is 0.158. The van der Waals surface area contributed by atoms with Gasteiger partial charge in [0.2, 0.25) is 10.0 Å². The molecule has 0 aliphatic rings. The number of aromatic nitrogens is 1. The number of nitrogens with zero attached hydrogens (tertiary/aromatic N) is 2. The van der Waals surface area contributed by atoms with E-state index in [1.807, 2.05) is 0 Å². The predicted octanol–water partition coefficient (Wildman–Crippen LogP) is 2.46. The Morgan fingerprint density at radius 3 is 2.74 bits per heavy atom. The quantitative estimate of drug-likeness (QED) is 0.870. The highest BCUT2D eigenvalue weighted by molar-refractivity contribution is 7.89. The molecule has 19 heavy (non-hydrogen) atoms. The van der Waals surface area contributed by atoms with E-state index in [1.54, 1.807) is 13.0 Å². The predicted molar refractivity (Wildman–Crippen MR) is 71.3 cm³/mol. The molecule has 0 N–H and O–H groups in total. The summed E-state index contributed by atoms with van der Waals surface area (Å²) in [6, 6.07) is 3.19. The van der Waals surface area contributed by atoms with Crippen LogP contribution in [0.15, 0.2) is 40.1 Å². The molecule has 0 fully saturated rings. The summed E-state index contributed by atoms with van der Waals surface area (Å²) in [5.74, 6) is 0.694. The van der Waals surface area contributed by atoms with Gasteiger partial charge in [0, 0.05) is 31.5 Å². The van der Waals surface area contributed by atoms with Crippen LogP contribution in [-0.2, 0) is 16.6 Å². The van der Waals surface area contributed by atoms with Crippen LogP contribution in [0.5, 0.6) is 0 Å². The lowest BCUT2D eigenvalue weighted by atomic mass is 10.3. The Bertz CT molecular complexity index is 682. The summed E-state index contributed by atoms with van der Waals surface area (Å²) in [7, 11) is -2.17. The van der Waals surface area contributed by atoms with Gasteiger partial charge in [-0.15, -0.1) is 0 Å². The second kappa shape index (κ2) is 5.32. The van der Waals surface area contributed by atoms with Crippen molar-refractivity contribution >= 4 is 21.6 Å². The summed E-state index contributed by atoms with van der Waals surface area (Å²) >= 11 is 5.90. The fourth-order valence-electron chi connectivity index (χ4n) is 1.62. The van der Waals surface area contributed by atoms with E-state index < -0.39 is 10.0 Å². The average Bonchev–Trinajstić information content (AvgIpc) is 2.75. The molecule has 0 aliphatic heterocycles. The molecule has 0 amide bonds. The van der Waals surface area contributed by atoms with E-state index >= 15 is 0 Å². The Morgan fingerprint density at radius 2 is 2.16 bits per heavy atom. The number of furan rings is 1. The van der Waals surface area contributed by atoms with E-state index in [0.29, 0.717) is 5.76 Å². The van der Waals surface area contributed by atoms with Gasteiger partial charge in [-0.2, -0.15) is 4.31 Å². The van der Waals surface area contributed by atoms with Crippen molar-refractivity contribution in [2.24, 2.45) is 0 Å². The first-order valence-electron chi connectivity index (χ1n) is 5.51. The van der Waals surface area contributed by atoms with Gasteiger partial charge in [0.15, 0.2) is 0 Å². The number of aryl methyl sites for hydroxylation is 1. The monoisotopic (exact) mass is 300 g/mol. The van der Waals surface area contributed by atoms with E-state index in [4.69, 9.17) is 16.0 Å². The molecule has 0 aliphatic carbocycles. The van der Waals surface area contributed by atoms with Gasteiger partial charge in [0.05, 0.1) is 11.3 Å². The van der Waals surface area contributed by atoms with Gasteiger partial charge in [0.25, 0.3) is 0 Å². The lowest BCUT2D eigenvalue weighted by Crippen LogP contribution is -2.27. The highest BCUT2D eigenvalue weighted by Gasteiger charge is 2.24. The van der Waals surface area contributed by atoms with E-state index in [9.17, 15) is 8.42 Å². The summed E-state index contributed by atoms with van der Waals surface area (Å²) in [5.41, 5.74) is 0.811. The summed E-state index contributed by atoms with van der Waals surface area (Å²) in [6.07, 6.45) is 4.22. The zero-order valence-electron chi connectivity index (χ0n) is 10.5. The van der Waals surface area contributed by atoms with Crippen molar-refractivity contribution in [1.82, 2.24) is 9.29 Å². The van der Waals surface area contributed by atoms with Crippen molar-refractivity contribution in [1.29, 1.82) is 0 Å². The van der Waals surface area contributed by atoms with Crippen LogP contribution in [0, 0.1) is 6.92 Å². The first-order valence-corrected chi connectivity index (χ1v) is 7.33. The van der Waals surface area contributed by atoms with Crippen LogP contribution in [-0.4, -0.2) is 24.8 Å². The lowest BCUT2D eigenvalue weighted by Gasteiger charge is -2.17. The molecule has 2 aromatic heterocycles. The summed E-state index contributed by atoms with van der Waals surface area (Å²) in [6.45, 7) is 2.00. The molecule has 0 saturated heterocycles. The van der Waals surface area contributed by atoms with Gasteiger partial charge in [-0.05, 0) is 19.1 Å². The number of hydrogen-bond donors (Lipinski definition) is 0. The second-order valence-electron chi connectivity index (χ2n) is 4.07. The second-order valence-corrected chi connectivity index (χ2v) is 6.49. The first kappa shape index (κ1) is 14.0. The van der Waals surface area contributed by atoms with Crippen molar-refractivity contribution in [3.8, 4) is 0 Å². The van der Waals surface area contributed by atoms with Crippen LogP contribution >= 0.6 is 11.6 Å². The van der Waals surface area contributed by atoms with Crippen molar-refractivity contribution in [2.45, 2.75) is 18.4 Å². The maximum absolute atomic E-state index is 12.4. The zero-order chi connectivity index (χ0) is 14.0. The Balaban J connectivity index is 2.30. The molecule has 102 valence electrons. The van der Waals surface area contributed by atoms with E-state index in [1.165, 1.54) is 36.1 Å². The Morgan fingerprint density at radius 1 is 1.42 bits per heavy atom. The molecule has 0 saturated carbocycles. The Kier molecular flexibility index (Phi) is 3.93. The minimum Gasteiger partial charge on any atom is -0.469 e. The lowest BCUT2D eigenvalue weighted by molar-refractivity contribution is 0.458. The highest BCUT2D eigenvalue weighted by atomic mass is 35.5. The third kappa shape index (κ3) is 2.80. The molecule has 0 radical (unpaired) electrons. The molecule has 0 aromatic carbocycles. The molecule has 5 nitrogen and oxygen atoms in total. The average molecular weight is 301 g/mol. The standard InChI is InChI=1S/C12H13ClN2O3S/c1-9-10(4-6-18-9)8-15(2)19(16,17)12-7-14-5-3-11(12)13/h3-7H,8H2,1-2H3. The minimum atomic E-state index is -3.67. The third-order valence-electron chi connectivity index (χ3n) is 2.78. The van der Waals surface area contributed by atoms with Gasteiger partial charge in [0.1, 0.15) is 10.7 Å². The SMILES string of the molecule is Cc1occc1CN(C)S(=O)(=O)c1cnccc1Cl. The van der Waals surface area contributed by atoms with Gasteiger partial charge in [-0.1, -0.05) is 11.6 Å². The molecule has 7 heteroatoms. The van der Waals surface area contributed by atoms with E-state index in [0.717, 1.165) is 5.56 Å². The molecule has 0 spiro atoms. The molecular weight excluding hydrogens is 288 g/mol. The van der Waals surface area contributed by atoms with Crippen LogP contribution in [0.4, 0.5) is 0 Å². The molecular formula is C12H13ClN2O3S. The fraction of sp³-hybridized carbons (Fsp3) is 0.250. The molecule has 0 bridgehead atoms. The molecule has 2 aromatic rings. The Hall–Kier alpha value is -1.37. The van der Waals surface area contributed by atoms with Gasteiger partial charge >= 0.3 is 0 Å². The maximum Gasteiger partial charge on any atom is 0.246 e. The van der Waals surface area contributed by atoms with Gasteiger partial charge in [-0.3, -0.25) is 4.98 Å². The van der Waals surface area contributed by atoms with Crippen molar-refractivity contribution in [3.63, 3.8) is 0 Å².